The average Bonchev–Trinajstić information content (AvgIpc) is 3.15. The summed E-state index contributed by atoms with van der Waals surface area (Å²) in [6, 6.07) is 4.59. The molecule has 0 unspecified atom stereocenters. The lowest BCUT2D eigenvalue weighted by molar-refractivity contribution is 0.372. The number of rotatable bonds is 4. The molecule has 142 valence electrons. The Balaban J connectivity index is 1.97. The number of nitrogens with one attached hydrogen (secondary N) is 1. The first-order chi connectivity index (χ1) is 12.0. The Morgan fingerprint density at radius 2 is 1.92 bits per heavy atom. The van der Waals surface area contributed by atoms with Crippen molar-refractivity contribution in [2.24, 2.45) is 5.73 Å². The van der Waals surface area contributed by atoms with Gasteiger partial charge in [0.2, 0.25) is 10.0 Å². The van der Waals surface area contributed by atoms with Crippen LogP contribution in [0, 0.1) is 0 Å². The van der Waals surface area contributed by atoms with Gasteiger partial charge in [-0.05, 0) is 51.8 Å². The molecule has 9 heteroatoms. The van der Waals surface area contributed by atoms with Gasteiger partial charge in [-0.25, -0.2) is 13.1 Å². The van der Waals surface area contributed by atoms with Crippen LogP contribution in [0.3, 0.4) is 0 Å². The highest BCUT2D eigenvalue weighted by Crippen LogP contribution is 2.36. The molecule has 0 bridgehead atoms. The van der Waals surface area contributed by atoms with Crippen LogP contribution in [0.25, 0.3) is 11.5 Å². The maximum Gasteiger partial charge on any atom is 0.258 e. The minimum atomic E-state index is -3.80. The summed E-state index contributed by atoms with van der Waals surface area (Å²) in [5, 5.41) is 4.13. The second-order valence-corrected chi connectivity index (χ2v) is 9.85. The molecule has 0 aliphatic heterocycles. The normalized spacial score (nSPS) is 17.6. The van der Waals surface area contributed by atoms with E-state index in [-0.39, 0.29) is 15.8 Å². The smallest absolute Gasteiger partial charge is 0.258 e. The van der Waals surface area contributed by atoms with E-state index in [1.54, 1.807) is 26.8 Å². The third kappa shape index (κ3) is 3.93. The third-order valence-electron chi connectivity index (χ3n) is 4.28. The van der Waals surface area contributed by atoms with Gasteiger partial charge < -0.3 is 10.3 Å². The maximum absolute atomic E-state index is 12.6. The summed E-state index contributed by atoms with van der Waals surface area (Å²) in [6.45, 7) is 5.28. The number of benzene rings is 1. The number of nitrogens with zero attached hydrogens (tertiary/aromatic N) is 2. The predicted molar refractivity (Wildman–Crippen MR) is 99.2 cm³/mol. The number of aromatic nitrogens is 2. The van der Waals surface area contributed by atoms with Gasteiger partial charge in [0.1, 0.15) is 4.90 Å². The van der Waals surface area contributed by atoms with E-state index in [1.165, 1.54) is 12.1 Å². The van der Waals surface area contributed by atoms with E-state index in [9.17, 15) is 8.42 Å². The molecule has 1 saturated carbocycles. The molecule has 0 amide bonds. The summed E-state index contributed by atoms with van der Waals surface area (Å²) in [7, 11) is -3.80. The minimum absolute atomic E-state index is 0.0327. The zero-order valence-corrected chi connectivity index (χ0v) is 16.6. The van der Waals surface area contributed by atoms with Crippen molar-refractivity contribution in [1.29, 1.82) is 0 Å². The molecule has 0 radical (unpaired) electrons. The predicted octanol–water partition coefficient (Wildman–Crippen LogP) is 3.19. The highest BCUT2D eigenvalue weighted by Gasteiger charge is 2.36. The Kier molecular flexibility index (Phi) is 4.89. The zero-order valence-electron chi connectivity index (χ0n) is 15.0. The van der Waals surface area contributed by atoms with Gasteiger partial charge in [-0.15, -0.1) is 0 Å². The fraction of sp³-hybridized carbons (Fsp3) is 0.529. The van der Waals surface area contributed by atoms with Gasteiger partial charge in [0.25, 0.3) is 5.89 Å². The zero-order chi connectivity index (χ0) is 19.2. The summed E-state index contributed by atoms with van der Waals surface area (Å²) in [5.41, 5.74) is 5.62. The van der Waals surface area contributed by atoms with E-state index >= 15 is 0 Å². The fourth-order valence-electron chi connectivity index (χ4n) is 3.07. The summed E-state index contributed by atoms with van der Waals surface area (Å²) in [4.78, 5) is 4.37. The molecule has 26 heavy (non-hydrogen) atoms. The van der Waals surface area contributed by atoms with Gasteiger partial charge >= 0.3 is 0 Å². The Hall–Kier alpha value is -1.48. The standard InChI is InChI=1S/C17H23ClN4O3S/c1-16(2,3)22-26(23,24)13-10-11(6-7-12(13)18)14-20-15(21-25-14)17(19)8-4-5-9-17/h6-7,10,22H,4-5,8-9,19H2,1-3H3. The second-order valence-electron chi connectivity index (χ2n) is 7.79. The first-order valence-electron chi connectivity index (χ1n) is 8.47. The summed E-state index contributed by atoms with van der Waals surface area (Å²) < 4.78 is 33.2. The van der Waals surface area contributed by atoms with Crippen LogP contribution < -0.4 is 10.5 Å². The monoisotopic (exact) mass is 398 g/mol. The van der Waals surface area contributed by atoms with E-state index in [1.807, 2.05) is 0 Å². The maximum atomic E-state index is 12.6. The quantitative estimate of drug-likeness (QED) is 0.817. The Labute approximate surface area is 158 Å². The van der Waals surface area contributed by atoms with Crippen molar-refractivity contribution >= 4 is 21.6 Å². The van der Waals surface area contributed by atoms with Crippen molar-refractivity contribution in [2.75, 3.05) is 0 Å². The molecule has 1 heterocycles. The van der Waals surface area contributed by atoms with Crippen LogP contribution in [-0.2, 0) is 15.6 Å². The molecule has 7 nitrogen and oxygen atoms in total. The molecule has 1 fully saturated rings. The fourth-order valence-corrected chi connectivity index (χ4v) is 5.02. The van der Waals surface area contributed by atoms with Crippen molar-refractivity contribution in [1.82, 2.24) is 14.9 Å². The van der Waals surface area contributed by atoms with E-state index in [0.717, 1.165) is 25.7 Å². The second kappa shape index (κ2) is 6.60. The van der Waals surface area contributed by atoms with Crippen LogP contribution in [-0.4, -0.2) is 24.1 Å². The van der Waals surface area contributed by atoms with E-state index in [4.69, 9.17) is 21.9 Å². The largest absolute Gasteiger partial charge is 0.334 e. The van der Waals surface area contributed by atoms with Crippen molar-refractivity contribution in [3.8, 4) is 11.5 Å². The van der Waals surface area contributed by atoms with Crippen LogP contribution in [0.4, 0.5) is 0 Å². The van der Waals surface area contributed by atoms with Crippen molar-refractivity contribution in [3.63, 3.8) is 0 Å². The van der Waals surface area contributed by atoms with E-state index < -0.39 is 21.1 Å². The molecule has 2 aromatic rings. The van der Waals surface area contributed by atoms with Crippen LogP contribution in [0.2, 0.25) is 5.02 Å². The first kappa shape index (κ1) is 19.3. The molecule has 0 spiro atoms. The Morgan fingerprint density at radius 3 is 2.54 bits per heavy atom. The molecular formula is C17H23ClN4O3S. The van der Waals surface area contributed by atoms with Gasteiger partial charge in [-0.1, -0.05) is 29.6 Å². The molecule has 0 atom stereocenters. The molecule has 0 saturated heterocycles. The number of hydrogen-bond donors (Lipinski definition) is 2. The van der Waals surface area contributed by atoms with E-state index in [0.29, 0.717) is 11.4 Å². The summed E-state index contributed by atoms with van der Waals surface area (Å²) in [6.07, 6.45) is 3.67. The van der Waals surface area contributed by atoms with Crippen LogP contribution in [0.5, 0.6) is 0 Å². The van der Waals surface area contributed by atoms with Crippen molar-refractivity contribution in [3.05, 3.63) is 29.0 Å². The lowest BCUT2D eigenvalue weighted by Crippen LogP contribution is -2.40. The number of hydrogen-bond acceptors (Lipinski definition) is 6. The van der Waals surface area contributed by atoms with Gasteiger partial charge in [0.15, 0.2) is 5.82 Å². The molecular weight excluding hydrogens is 376 g/mol. The first-order valence-corrected chi connectivity index (χ1v) is 10.3. The highest BCUT2D eigenvalue weighted by molar-refractivity contribution is 7.89. The molecule has 3 rings (SSSR count). The third-order valence-corrected chi connectivity index (χ3v) is 6.51. The van der Waals surface area contributed by atoms with Gasteiger partial charge in [-0.3, -0.25) is 0 Å². The van der Waals surface area contributed by atoms with Crippen LogP contribution in [0.1, 0.15) is 52.3 Å². The lowest BCUT2D eigenvalue weighted by atomic mass is 9.99. The van der Waals surface area contributed by atoms with Crippen molar-refractivity contribution in [2.45, 2.75) is 62.4 Å². The molecule has 3 N–H and O–H groups in total. The Bertz CT molecular complexity index is 912. The molecule has 1 aliphatic rings. The van der Waals surface area contributed by atoms with Crippen LogP contribution >= 0.6 is 11.6 Å². The average molecular weight is 399 g/mol. The number of sulfonamides is 1. The Morgan fingerprint density at radius 1 is 1.27 bits per heavy atom. The topological polar surface area (TPSA) is 111 Å². The highest BCUT2D eigenvalue weighted by atomic mass is 35.5. The minimum Gasteiger partial charge on any atom is -0.334 e. The molecule has 1 aromatic carbocycles. The van der Waals surface area contributed by atoms with Gasteiger partial charge in [0.05, 0.1) is 10.6 Å². The molecule has 1 aliphatic carbocycles. The van der Waals surface area contributed by atoms with E-state index in [2.05, 4.69) is 14.9 Å². The van der Waals surface area contributed by atoms with Gasteiger partial charge in [-0.2, -0.15) is 4.98 Å². The summed E-state index contributed by atoms with van der Waals surface area (Å²) in [5.74, 6) is 0.678. The molecule has 1 aromatic heterocycles. The summed E-state index contributed by atoms with van der Waals surface area (Å²) >= 11 is 6.12. The number of nitrogens with two attached hydrogens (primary N) is 1. The lowest BCUT2D eigenvalue weighted by Gasteiger charge is -2.21. The SMILES string of the molecule is CC(C)(C)NS(=O)(=O)c1cc(-c2nc(C3(N)CCCC3)no2)ccc1Cl. The van der Waals surface area contributed by atoms with Crippen molar-refractivity contribution < 1.29 is 12.9 Å². The van der Waals surface area contributed by atoms with Gasteiger partial charge in [0, 0.05) is 11.1 Å². The number of halogens is 1. The van der Waals surface area contributed by atoms with Crippen LogP contribution in [0.15, 0.2) is 27.6 Å².